The SMILES string of the molecule is CCC1(CC)C(N)CC1Oc1cc(F)ccc1Br. The van der Waals surface area contributed by atoms with E-state index in [0.29, 0.717) is 5.75 Å². The molecule has 2 rings (SSSR count). The van der Waals surface area contributed by atoms with Crippen LogP contribution >= 0.6 is 15.9 Å². The van der Waals surface area contributed by atoms with E-state index in [1.807, 2.05) is 0 Å². The second-order valence-corrected chi connectivity index (χ2v) is 5.82. The topological polar surface area (TPSA) is 35.2 Å². The molecular formula is C14H19BrFNO. The van der Waals surface area contributed by atoms with Crippen molar-refractivity contribution in [3.05, 3.63) is 28.5 Å². The predicted molar refractivity (Wildman–Crippen MR) is 74.1 cm³/mol. The number of halogens is 2. The van der Waals surface area contributed by atoms with Gasteiger partial charge in [0.15, 0.2) is 0 Å². The van der Waals surface area contributed by atoms with Gasteiger partial charge in [-0.2, -0.15) is 0 Å². The van der Waals surface area contributed by atoms with Crippen LogP contribution in [0.5, 0.6) is 5.75 Å². The minimum atomic E-state index is -0.282. The molecule has 0 bridgehead atoms. The molecule has 0 aliphatic heterocycles. The lowest BCUT2D eigenvalue weighted by Crippen LogP contribution is -2.62. The van der Waals surface area contributed by atoms with Gasteiger partial charge in [0.2, 0.25) is 0 Å². The maximum Gasteiger partial charge on any atom is 0.136 e. The zero-order valence-electron chi connectivity index (χ0n) is 10.7. The first-order valence-electron chi connectivity index (χ1n) is 6.40. The standard InChI is InChI=1S/C14H19BrFNO/c1-3-14(4-2)12(17)8-13(14)18-11-7-9(16)5-6-10(11)15/h5-7,12-13H,3-4,8,17H2,1-2H3. The van der Waals surface area contributed by atoms with E-state index in [1.54, 1.807) is 6.07 Å². The summed E-state index contributed by atoms with van der Waals surface area (Å²) in [4.78, 5) is 0. The smallest absolute Gasteiger partial charge is 0.136 e. The summed E-state index contributed by atoms with van der Waals surface area (Å²) >= 11 is 3.39. The predicted octanol–water partition coefficient (Wildman–Crippen LogP) is 3.87. The molecule has 0 saturated heterocycles. The van der Waals surface area contributed by atoms with Crippen LogP contribution in [0.4, 0.5) is 4.39 Å². The molecule has 2 atom stereocenters. The molecule has 1 aromatic rings. The Bertz CT molecular complexity index is 434. The minimum absolute atomic E-state index is 0.0335. The molecule has 2 unspecified atom stereocenters. The maximum atomic E-state index is 13.2. The van der Waals surface area contributed by atoms with Gasteiger partial charge in [0.25, 0.3) is 0 Å². The minimum Gasteiger partial charge on any atom is -0.488 e. The van der Waals surface area contributed by atoms with Crippen LogP contribution in [0.25, 0.3) is 0 Å². The summed E-state index contributed by atoms with van der Waals surface area (Å²) in [6, 6.07) is 4.69. The van der Waals surface area contributed by atoms with Gasteiger partial charge in [-0.25, -0.2) is 4.39 Å². The van der Waals surface area contributed by atoms with E-state index in [2.05, 4.69) is 29.8 Å². The van der Waals surface area contributed by atoms with Gasteiger partial charge in [0, 0.05) is 23.9 Å². The van der Waals surface area contributed by atoms with Crippen LogP contribution in [-0.4, -0.2) is 12.1 Å². The average Bonchev–Trinajstić information content (AvgIpc) is 2.35. The molecule has 1 saturated carbocycles. The first-order valence-corrected chi connectivity index (χ1v) is 7.20. The molecule has 1 fully saturated rings. The van der Waals surface area contributed by atoms with Crippen molar-refractivity contribution >= 4 is 15.9 Å². The molecule has 2 N–H and O–H groups in total. The molecule has 18 heavy (non-hydrogen) atoms. The van der Waals surface area contributed by atoms with Crippen LogP contribution in [0.2, 0.25) is 0 Å². The van der Waals surface area contributed by atoms with Gasteiger partial charge in [0.1, 0.15) is 17.7 Å². The lowest BCUT2D eigenvalue weighted by atomic mass is 9.59. The summed E-state index contributed by atoms with van der Waals surface area (Å²) in [7, 11) is 0. The van der Waals surface area contributed by atoms with Crippen molar-refractivity contribution in [2.45, 2.75) is 45.3 Å². The molecule has 100 valence electrons. The summed E-state index contributed by atoms with van der Waals surface area (Å²) in [5.74, 6) is 0.286. The highest BCUT2D eigenvalue weighted by atomic mass is 79.9. The quantitative estimate of drug-likeness (QED) is 0.915. The Labute approximate surface area is 116 Å². The molecule has 2 nitrogen and oxygen atoms in total. The van der Waals surface area contributed by atoms with Crippen LogP contribution in [-0.2, 0) is 0 Å². The van der Waals surface area contributed by atoms with E-state index in [1.165, 1.54) is 12.1 Å². The molecular weight excluding hydrogens is 297 g/mol. The fourth-order valence-corrected chi connectivity index (χ4v) is 3.23. The molecule has 0 aromatic heterocycles. The van der Waals surface area contributed by atoms with Crippen LogP contribution in [0, 0.1) is 11.2 Å². The van der Waals surface area contributed by atoms with Crippen LogP contribution in [0.1, 0.15) is 33.1 Å². The molecule has 0 heterocycles. The highest BCUT2D eigenvalue weighted by molar-refractivity contribution is 9.10. The molecule has 0 radical (unpaired) electrons. The fraction of sp³-hybridized carbons (Fsp3) is 0.571. The normalized spacial score (nSPS) is 25.6. The molecule has 1 aliphatic rings. The summed E-state index contributed by atoms with van der Waals surface area (Å²) < 4.78 is 20.0. The van der Waals surface area contributed by atoms with Crippen LogP contribution < -0.4 is 10.5 Å². The number of rotatable bonds is 4. The van der Waals surface area contributed by atoms with Crippen molar-refractivity contribution in [2.24, 2.45) is 11.1 Å². The Morgan fingerprint density at radius 1 is 1.44 bits per heavy atom. The monoisotopic (exact) mass is 315 g/mol. The lowest BCUT2D eigenvalue weighted by molar-refractivity contribution is -0.0726. The van der Waals surface area contributed by atoms with Crippen molar-refractivity contribution < 1.29 is 9.13 Å². The Hall–Kier alpha value is -0.610. The Morgan fingerprint density at radius 2 is 2.11 bits per heavy atom. The zero-order chi connectivity index (χ0) is 13.3. The molecule has 4 heteroatoms. The van der Waals surface area contributed by atoms with Crippen molar-refractivity contribution in [3.63, 3.8) is 0 Å². The number of hydrogen-bond donors (Lipinski definition) is 1. The Balaban J connectivity index is 2.17. The second-order valence-electron chi connectivity index (χ2n) is 4.96. The number of ether oxygens (including phenoxy) is 1. The molecule has 0 amide bonds. The lowest BCUT2D eigenvalue weighted by Gasteiger charge is -2.53. The summed E-state index contributed by atoms with van der Waals surface area (Å²) in [5, 5.41) is 0. The van der Waals surface area contributed by atoms with Crippen LogP contribution in [0.3, 0.4) is 0 Å². The second kappa shape index (κ2) is 5.17. The first kappa shape index (κ1) is 13.8. The van der Waals surface area contributed by atoms with Gasteiger partial charge in [-0.3, -0.25) is 0 Å². The first-order chi connectivity index (χ1) is 8.53. The van der Waals surface area contributed by atoms with Crippen molar-refractivity contribution in [1.29, 1.82) is 0 Å². The summed E-state index contributed by atoms with van der Waals surface area (Å²) in [6.45, 7) is 4.28. The van der Waals surface area contributed by atoms with Gasteiger partial charge in [-0.15, -0.1) is 0 Å². The van der Waals surface area contributed by atoms with E-state index < -0.39 is 0 Å². The fourth-order valence-electron chi connectivity index (χ4n) is 2.89. The van der Waals surface area contributed by atoms with Gasteiger partial charge in [0.05, 0.1) is 4.47 Å². The summed E-state index contributed by atoms with van der Waals surface area (Å²) in [5.41, 5.74) is 6.16. The number of nitrogens with two attached hydrogens (primary N) is 1. The molecule has 1 aliphatic carbocycles. The van der Waals surface area contributed by atoms with Crippen LogP contribution in [0.15, 0.2) is 22.7 Å². The van der Waals surface area contributed by atoms with Crippen molar-refractivity contribution in [3.8, 4) is 5.75 Å². The zero-order valence-corrected chi connectivity index (χ0v) is 12.3. The highest BCUT2D eigenvalue weighted by Crippen LogP contribution is 2.48. The maximum absolute atomic E-state index is 13.2. The van der Waals surface area contributed by atoms with E-state index >= 15 is 0 Å². The Kier molecular flexibility index (Phi) is 3.97. The third-order valence-corrected chi connectivity index (χ3v) is 4.98. The average molecular weight is 316 g/mol. The van der Waals surface area contributed by atoms with Crippen molar-refractivity contribution in [2.75, 3.05) is 0 Å². The molecule has 1 aromatic carbocycles. The highest BCUT2D eigenvalue weighted by Gasteiger charge is 2.52. The number of hydrogen-bond acceptors (Lipinski definition) is 2. The largest absolute Gasteiger partial charge is 0.488 e. The summed E-state index contributed by atoms with van der Waals surface area (Å²) in [6.07, 6.45) is 2.90. The third-order valence-electron chi connectivity index (χ3n) is 4.33. The van der Waals surface area contributed by atoms with Crippen molar-refractivity contribution in [1.82, 2.24) is 0 Å². The van der Waals surface area contributed by atoms with Gasteiger partial charge >= 0.3 is 0 Å². The van der Waals surface area contributed by atoms with Gasteiger partial charge in [-0.05, 0) is 40.9 Å². The third kappa shape index (κ3) is 2.16. The van der Waals surface area contributed by atoms with E-state index in [-0.39, 0.29) is 23.4 Å². The van der Waals surface area contributed by atoms with E-state index in [9.17, 15) is 4.39 Å². The van der Waals surface area contributed by atoms with Gasteiger partial charge < -0.3 is 10.5 Å². The Morgan fingerprint density at radius 3 is 2.67 bits per heavy atom. The van der Waals surface area contributed by atoms with Gasteiger partial charge in [-0.1, -0.05) is 13.8 Å². The number of benzene rings is 1. The van der Waals surface area contributed by atoms with E-state index in [0.717, 1.165) is 23.7 Å². The van der Waals surface area contributed by atoms with E-state index in [4.69, 9.17) is 10.5 Å². The molecule has 0 spiro atoms.